The van der Waals surface area contributed by atoms with E-state index in [0.717, 1.165) is 22.9 Å². The fourth-order valence-corrected chi connectivity index (χ4v) is 1.79. The van der Waals surface area contributed by atoms with Crippen LogP contribution in [0.15, 0.2) is 18.2 Å². The van der Waals surface area contributed by atoms with E-state index in [4.69, 9.17) is 5.73 Å². The minimum Gasteiger partial charge on any atom is -0.326 e. The molecule has 16 heavy (non-hydrogen) atoms. The van der Waals surface area contributed by atoms with Crippen molar-refractivity contribution in [2.24, 2.45) is 5.73 Å². The molecule has 4 nitrogen and oxygen atoms in total. The third-order valence-corrected chi connectivity index (χ3v) is 2.56. The lowest BCUT2D eigenvalue weighted by Crippen LogP contribution is -2.07. The molecule has 0 atom stereocenters. The summed E-state index contributed by atoms with van der Waals surface area (Å²) >= 11 is 0. The zero-order valence-corrected chi connectivity index (χ0v) is 9.86. The minimum absolute atomic E-state index is 0.508. The van der Waals surface area contributed by atoms with Crippen molar-refractivity contribution < 1.29 is 0 Å². The number of benzene rings is 1. The predicted octanol–water partition coefficient (Wildman–Crippen LogP) is 1.65. The first-order valence-corrected chi connectivity index (χ1v) is 5.32. The van der Waals surface area contributed by atoms with E-state index in [0.29, 0.717) is 6.54 Å². The van der Waals surface area contributed by atoms with E-state index in [1.165, 1.54) is 5.56 Å². The van der Waals surface area contributed by atoms with Crippen LogP contribution >= 0.6 is 0 Å². The first-order valence-electron chi connectivity index (χ1n) is 5.32. The Hall–Kier alpha value is -1.68. The van der Waals surface area contributed by atoms with Crippen molar-refractivity contribution >= 4 is 0 Å². The highest BCUT2D eigenvalue weighted by Crippen LogP contribution is 2.17. The second kappa shape index (κ2) is 4.06. The fourth-order valence-electron chi connectivity index (χ4n) is 1.79. The van der Waals surface area contributed by atoms with Gasteiger partial charge in [0.05, 0.1) is 5.69 Å². The van der Waals surface area contributed by atoms with Gasteiger partial charge in [0, 0.05) is 6.54 Å². The molecule has 84 valence electrons. The lowest BCUT2D eigenvalue weighted by Gasteiger charge is -2.09. The molecule has 0 fully saturated rings. The summed E-state index contributed by atoms with van der Waals surface area (Å²) in [6.07, 6.45) is 0. The van der Waals surface area contributed by atoms with E-state index in [-0.39, 0.29) is 0 Å². The molecule has 1 heterocycles. The molecular formula is C12H16N4. The molecule has 0 bridgehead atoms. The van der Waals surface area contributed by atoms with Gasteiger partial charge in [-0.15, -0.1) is 0 Å². The van der Waals surface area contributed by atoms with Gasteiger partial charge in [0.15, 0.2) is 0 Å². The topological polar surface area (TPSA) is 56.7 Å². The zero-order valence-electron chi connectivity index (χ0n) is 9.86. The van der Waals surface area contributed by atoms with Crippen molar-refractivity contribution in [2.75, 3.05) is 0 Å². The SMILES string of the molecule is Cc1ccc(CN)c(-n2nc(C)nc2C)c1. The second-order valence-corrected chi connectivity index (χ2v) is 3.95. The molecule has 1 aromatic heterocycles. The Bertz CT molecular complexity index is 514. The number of nitrogens with two attached hydrogens (primary N) is 1. The summed E-state index contributed by atoms with van der Waals surface area (Å²) < 4.78 is 1.85. The van der Waals surface area contributed by atoms with Crippen molar-refractivity contribution in [1.29, 1.82) is 0 Å². The Morgan fingerprint density at radius 1 is 1.25 bits per heavy atom. The highest BCUT2D eigenvalue weighted by atomic mass is 15.3. The van der Waals surface area contributed by atoms with Gasteiger partial charge in [-0.3, -0.25) is 0 Å². The Balaban J connectivity index is 2.62. The Kier molecular flexibility index (Phi) is 2.75. The minimum atomic E-state index is 0.508. The van der Waals surface area contributed by atoms with Crippen LogP contribution < -0.4 is 5.73 Å². The molecule has 0 amide bonds. The van der Waals surface area contributed by atoms with E-state index in [1.54, 1.807) is 0 Å². The van der Waals surface area contributed by atoms with E-state index in [1.807, 2.05) is 24.6 Å². The summed E-state index contributed by atoms with van der Waals surface area (Å²) in [5, 5.41) is 4.38. The number of hydrogen-bond acceptors (Lipinski definition) is 3. The molecule has 2 rings (SSSR count). The van der Waals surface area contributed by atoms with Gasteiger partial charge in [-0.1, -0.05) is 12.1 Å². The molecule has 2 aromatic rings. The molecule has 0 aliphatic heterocycles. The van der Waals surface area contributed by atoms with Crippen molar-refractivity contribution in [3.8, 4) is 5.69 Å². The van der Waals surface area contributed by atoms with Crippen LogP contribution in [0.5, 0.6) is 0 Å². The molecular weight excluding hydrogens is 200 g/mol. The average molecular weight is 216 g/mol. The lowest BCUT2D eigenvalue weighted by molar-refractivity contribution is 0.814. The quantitative estimate of drug-likeness (QED) is 0.830. The summed E-state index contributed by atoms with van der Waals surface area (Å²) in [7, 11) is 0. The summed E-state index contributed by atoms with van der Waals surface area (Å²) in [6, 6.07) is 6.19. The summed E-state index contributed by atoms with van der Waals surface area (Å²) in [5.74, 6) is 1.67. The van der Waals surface area contributed by atoms with E-state index >= 15 is 0 Å². The van der Waals surface area contributed by atoms with Gasteiger partial charge in [-0.05, 0) is 38.0 Å². The molecule has 0 radical (unpaired) electrons. The van der Waals surface area contributed by atoms with Crippen LogP contribution in [0.1, 0.15) is 22.8 Å². The van der Waals surface area contributed by atoms with Crippen molar-refractivity contribution in [1.82, 2.24) is 14.8 Å². The third kappa shape index (κ3) is 1.84. The van der Waals surface area contributed by atoms with Crippen LogP contribution in [0.25, 0.3) is 5.69 Å². The fraction of sp³-hybridized carbons (Fsp3) is 0.333. The Morgan fingerprint density at radius 2 is 2.00 bits per heavy atom. The Labute approximate surface area is 95.1 Å². The predicted molar refractivity (Wildman–Crippen MR) is 63.5 cm³/mol. The van der Waals surface area contributed by atoms with Gasteiger partial charge in [-0.2, -0.15) is 5.10 Å². The molecule has 0 unspecified atom stereocenters. The highest BCUT2D eigenvalue weighted by Gasteiger charge is 2.09. The van der Waals surface area contributed by atoms with Gasteiger partial charge >= 0.3 is 0 Å². The largest absolute Gasteiger partial charge is 0.326 e. The smallest absolute Gasteiger partial charge is 0.148 e. The summed E-state index contributed by atoms with van der Waals surface area (Å²) in [6.45, 7) is 6.40. The second-order valence-electron chi connectivity index (χ2n) is 3.95. The van der Waals surface area contributed by atoms with E-state index in [9.17, 15) is 0 Å². The normalized spacial score (nSPS) is 10.8. The van der Waals surface area contributed by atoms with Crippen molar-refractivity contribution in [3.05, 3.63) is 41.0 Å². The molecule has 0 spiro atoms. The summed E-state index contributed by atoms with van der Waals surface area (Å²) in [4.78, 5) is 4.30. The molecule has 4 heteroatoms. The Morgan fingerprint density at radius 3 is 2.56 bits per heavy atom. The molecule has 0 saturated heterocycles. The number of nitrogens with zero attached hydrogens (tertiary/aromatic N) is 3. The van der Waals surface area contributed by atoms with Crippen molar-refractivity contribution in [2.45, 2.75) is 27.3 Å². The van der Waals surface area contributed by atoms with Gasteiger partial charge in [0.25, 0.3) is 0 Å². The zero-order chi connectivity index (χ0) is 11.7. The van der Waals surface area contributed by atoms with Crippen LogP contribution in [0, 0.1) is 20.8 Å². The van der Waals surface area contributed by atoms with Crippen LogP contribution in [0.4, 0.5) is 0 Å². The number of aromatic nitrogens is 3. The molecule has 0 saturated carbocycles. The molecule has 0 aliphatic carbocycles. The van der Waals surface area contributed by atoms with E-state index in [2.05, 4.69) is 29.1 Å². The number of rotatable bonds is 2. The number of aryl methyl sites for hydroxylation is 3. The van der Waals surface area contributed by atoms with Crippen LogP contribution in [-0.2, 0) is 6.54 Å². The first-order chi connectivity index (χ1) is 7.61. The van der Waals surface area contributed by atoms with Crippen LogP contribution in [0.3, 0.4) is 0 Å². The number of hydrogen-bond donors (Lipinski definition) is 1. The maximum absolute atomic E-state index is 5.73. The average Bonchev–Trinajstić information content (AvgIpc) is 2.57. The summed E-state index contributed by atoms with van der Waals surface area (Å²) in [5.41, 5.74) is 9.04. The molecule has 2 N–H and O–H groups in total. The maximum Gasteiger partial charge on any atom is 0.148 e. The highest BCUT2D eigenvalue weighted by molar-refractivity contribution is 5.43. The van der Waals surface area contributed by atoms with E-state index < -0.39 is 0 Å². The standard InChI is InChI=1S/C12H16N4/c1-8-4-5-11(7-13)12(6-8)16-10(3)14-9(2)15-16/h4-6H,7,13H2,1-3H3. The van der Waals surface area contributed by atoms with Crippen LogP contribution in [-0.4, -0.2) is 14.8 Å². The first kappa shape index (κ1) is 10.8. The van der Waals surface area contributed by atoms with Gasteiger partial charge in [-0.25, -0.2) is 9.67 Å². The van der Waals surface area contributed by atoms with Crippen molar-refractivity contribution in [3.63, 3.8) is 0 Å². The van der Waals surface area contributed by atoms with Gasteiger partial charge in [0.2, 0.25) is 0 Å². The monoisotopic (exact) mass is 216 g/mol. The molecule has 0 aliphatic rings. The van der Waals surface area contributed by atoms with Crippen LogP contribution in [0.2, 0.25) is 0 Å². The maximum atomic E-state index is 5.73. The molecule has 1 aromatic carbocycles. The lowest BCUT2D eigenvalue weighted by atomic mass is 10.1. The van der Waals surface area contributed by atoms with Gasteiger partial charge < -0.3 is 5.73 Å². The van der Waals surface area contributed by atoms with Gasteiger partial charge in [0.1, 0.15) is 11.6 Å². The third-order valence-electron chi connectivity index (χ3n) is 2.56.